The lowest BCUT2D eigenvalue weighted by Crippen LogP contribution is -2.30. The number of rotatable bonds is 6. The van der Waals surface area contributed by atoms with Crippen LogP contribution in [0.2, 0.25) is 0 Å². The van der Waals surface area contributed by atoms with Gasteiger partial charge in [0.1, 0.15) is 0 Å². The molecule has 0 saturated heterocycles. The van der Waals surface area contributed by atoms with Crippen molar-refractivity contribution in [2.24, 2.45) is 0 Å². The van der Waals surface area contributed by atoms with Crippen LogP contribution in [-0.2, 0) is 24.7 Å². The van der Waals surface area contributed by atoms with Crippen LogP contribution in [0.1, 0.15) is 59.1 Å². The number of benzene rings is 3. The van der Waals surface area contributed by atoms with Gasteiger partial charge in [-0.2, -0.15) is 0 Å². The Morgan fingerprint density at radius 2 is 1.72 bits per heavy atom. The van der Waals surface area contributed by atoms with E-state index in [0.29, 0.717) is 0 Å². The second-order valence-corrected chi connectivity index (χ2v) is 10.6. The number of hydrogen-bond donors (Lipinski definition) is 2. The monoisotopic (exact) mass is 468 g/mol. The summed E-state index contributed by atoms with van der Waals surface area (Å²) in [6.45, 7) is 0. The number of hydrogen-bond acceptors (Lipinski definition) is 0. The number of aromatic nitrogens is 2. The zero-order valence-electron chi connectivity index (χ0n) is 20.7. The Kier molecular flexibility index (Phi) is 5.20. The van der Waals surface area contributed by atoms with E-state index in [4.69, 9.17) is 0 Å². The molecule has 0 radical (unpaired) electrons. The van der Waals surface area contributed by atoms with Crippen molar-refractivity contribution < 1.29 is 0 Å². The predicted octanol–water partition coefficient (Wildman–Crippen LogP) is 8.38. The zero-order chi connectivity index (χ0) is 24.0. The Morgan fingerprint density at radius 1 is 0.806 bits per heavy atom. The highest BCUT2D eigenvalue weighted by Crippen LogP contribution is 2.48. The number of allylic oxidation sites excluding steroid dienone is 1. The topological polar surface area (TPSA) is 31.6 Å². The molecule has 2 heteroatoms. The number of para-hydroxylation sites is 1. The van der Waals surface area contributed by atoms with Crippen LogP contribution in [0.3, 0.4) is 0 Å². The maximum absolute atomic E-state index is 3.44. The van der Waals surface area contributed by atoms with Crippen molar-refractivity contribution in [3.8, 4) is 11.1 Å². The maximum atomic E-state index is 3.44. The third kappa shape index (κ3) is 3.39. The molecule has 178 valence electrons. The third-order valence-corrected chi connectivity index (χ3v) is 8.70. The van der Waals surface area contributed by atoms with Gasteiger partial charge in [-0.3, -0.25) is 0 Å². The summed E-state index contributed by atoms with van der Waals surface area (Å²) in [5.74, 6) is 0. The van der Waals surface area contributed by atoms with E-state index < -0.39 is 0 Å². The lowest BCUT2D eigenvalue weighted by Gasteiger charge is -2.39. The van der Waals surface area contributed by atoms with Crippen LogP contribution in [-0.4, -0.2) is 9.97 Å². The standard InChI is InChI=1S/C34H32N2/c1-2-10-27-24(8-1)14-15-30-29(27)16-17-32-31(30)12-7-20-34(32,26-18-21-35-23-26)19-6-5-9-25-22-36-33-13-4-3-11-28(25)33/h1-4,7-8,10-13,16-18,21-23,35-36H,5-6,9,14-15,19-20H2. The first-order valence-corrected chi connectivity index (χ1v) is 13.4. The van der Waals surface area contributed by atoms with Crippen LogP contribution in [0.15, 0.2) is 91.4 Å². The molecule has 2 N–H and O–H groups in total. The van der Waals surface area contributed by atoms with Gasteiger partial charge in [0.25, 0.3) is 0 Å². The van der Waals surface area contributed by atoms with Crippen molar-refractivity contribution in [3.63, 3.8) is 0 Å². The summed E-state index contributed by atoms with van der Waals surface area (Å²) in [7, 11) is 0. The summed E-state index contributed by atoms with van der Waals surface area (Å²) in [5, 5.41) is 1.37. The second kappa shape index (κ2) is 8.71. The van der Waals surface area contributed by atoms with Gasteiger partial charge in [0.05, 0.1) is 0 Å². The summed E-state index contributed by atoms with van der Waals surface area (Å²) in [4.78, 5) is 6.81. The highest BCUT2D eigenvalue weighted by molar-refractivity contribution is 5.83. The van der Waals surface area contributed by atoms with Gasteiger partial charge in [0.2, 0.25) is 0 Å². The molecule has 2 aliphatic rings. The van der Waals surface area contributed by atoms with Crippen molar-refractivity contribution in [3.05, 3.63) is 125 Å². The Hall–Kier alpha value is -3.78. The van der Waals surface area contributed by atoms with Gasteiger partial charge in [-0.1, -0.05) is 73.2 Å². The van der Waals surface area contributed by atoms with Crippen molar-refractivity contribution in [1.82, 2.24) is 9.97 Å². The highest BCUT2D eigenvalue weighted by Gasteiger charge is 2.38. The van der Waals surface area contributed by atoms with Crippen LogP contribution < -0.4 is 0 Å². The molecule has 1 unspecified atom stereocenters. The van der Waals surface area contributed by atoms with Crippen molar-refractivity contribution in [1.29, 1.82) is 0 Å². The number of aryl methyl sites for hydroxylation is 2. The molecule has 3 aromatic carbocycles. The van der Waals surface area contributed by atoms with Crippen LogP contribution in [0, 0.1) is 0 Å². The van der Waals surface area contributed by atoms with E-state index in [0.717, 1.165) is 25.7 Å². The largest absolute Gasteiger partial charge is 0.367 e. The summed E-state index contributed by atoms with van der Waals surface area (Å²) >= 11 is 0. The summed E-state index contributed by atoms with van der Waals surface area (Å²) < 4.78 is 0. The first-order chi connectivity index (χ1) is 17.8. The van der Waals surface area contributed by atoms with E-state index in [-0.39, 0.29) is 5.41 Å². The molecule has 36 heavy (non-hydrogen) atoms. The van der Waals surface area contributed by atoms with Crippen LogP contribution in [0.5, 0.6) is 0 Å². The van der Waals surface area contributed by atoms with Crippen LogP contribution >= 0.6 is 0 Å². The average Bonchev–Trinajstić information content (AvgIpc) is 3.62. The Bertz CT molecular complexity index is 1570. The molecular weight excluding hydrogens is 436 g/mol. The van der Waals surface area contributed by atoms with Gasteiger partial charge in [-0.25, -0.2) is 0 Å². The number of nitrogens with one attached hydrogen (secondary N) is 2. The molecular formula is C34H32N2. The van der Waals surface area contributed by atoms with E-state index in [1.165, 1.54) is 69.1 Å². The fraction of sp³-hybridized carbons (Fsp3) is 0.235. The predicted molar refractivity (Wildman–Crippen MR) is 150 cm³/mol. The molecule has 2 heterocycles. The molecule has 2 aromatic heterocycles. The van der Waals surface area contributed by atoms with Gasteiger partial charge in [0.15, 0.2) is 0 Å². The molecule has 0 amide bonds. The summed E-state index contributed by atoms with van der Waals surface area (Å²) in [5.41, 5.74) is 13.0. The van der Waals surface area contributed by atoms with E-state index in [1.807, 2.05) is 0 Å². The number of H-pyrrole nitrogens is 2. The van der Waals surface area contributed by atoms with Crippen molar-refractivity contribution in [2.75, 3.05) is 0 Å². The van der Waals surface area contributed by atoms with Gasteiger partial charge in [-0.15, -0.1) is 0 Å². The first-order valence-electron chi connectivity index (χ1n) is 13.4. The van der Waals surface area contributed by atoms with E-state index in [2.05, 4.69) is 107 Å². The zero-order valence-corrected chi connectivity index (χ0v) is 20.7. The minimum absolute atomic E-state index is 0.0380. The van der Waals surface area contributed by atoms with Gasteiger partial charge < -0.3 is 9.97 Å². The molecule has 1 atom stereocenters. The van der Waals surface area contributed by atoms with Crippen molar-refractivity contribution >= 4 is 17.0 Å². The SMILES string of the molecule is C1=Cc2c(ccc3c2CCc2ccccc2-3)C(CCCCc2c[nH]c3ccccc23)(c2cc[nH]c2)C1. The van der Waals surface area contributed by atoms with Crippen LogP contribution in [0.4, 0.5) is 0 Å². The molecule has 0 fully saturated rings. The highest BCUT2D eigenvalue weighted by atomic mass is 14.7. The Labute approximate surface area is 213 Å². The number of unbranched alkanes of at least 4 members (excludes halogenated alkanes) is 1. The van der Waals surface area contributed by atoms with Gasteiger partial charge in [-0.05, 0) is 95.2 Å². The molecule has 2 aliphatic carbocycles. The fourth-order valence-corrected chi connectivity index (χ4v) is 6.90. The summed E-state index contributed by atoms with van der Waals surface area (Å²) in [6, 6.07) is 24.8. The van der Waals surface area contributed by atoms with E-state index in [1.54, 1.807) is 5.56 Å². The lowest BCUT2D eigenvalue weighted by molar-refractivity contribution is 0.447. The summed E-state index contributed by atoms with van der Waals surface area (Å²) in [6.07, 6.45) is 19.4. The number of aromatic amines is 2. The van der Waals surface area contributed by atoms with Gasteiger partial charge >= 0.3 is 0 Å². The quantitative estimate of drug-likeness (QED) is 0.235. The minimum atomic E-state index is 0.0380. The van der Waals surface area contributed by atoms with Gasteiger partial charge in [0, 0.05) is 34.9 Å². The molecule has 7 rings (SSSR count). The molecule has 0 bridgehead atoms. The Balaban J connectivity index is 1.22. The molecule has 0 aliphatic heterocycles. The molecule has 5 aromatic rings. The Morgan fingerprint density at radius 3 is 2.67 bits per heavy atom. The first kappa shape index (κ1) is 21.5. The molecule has 2 nitrogen and oxygen atoms in total. The third-order valence-electron chi connectivity index (χ3n) is 8.70. The smallest absolute Gasteiger partial charge is 0.0456 e. The van der Waals surface area contributed by atoms with Crippen molar-refractivity contribution in [2.45, 2.75) is 50.4 Å². The minimum Gasteiger partial charge on any atom is -0.367 e. The normalized spacial score (nSPS) is 18.1. The molecule has 0 spiro atoms. The van der Waals surface area contributed by atoms with E-state index in [9.17, 15) is 0 Å². The average molecular weight is 469 g/mol. The lowest BCUT2D eigenvalue weighted by atomic mass is 9.64. The van der Waals surface area contributed by atoms with E-state index >= 15 is 0 Å². The number of fused-ring (bicyclic) bond motifs is 6. The maximum Gasteiger partial charge on any atom is 0.0456 e. The van der Waals surface area contributed by atoms with Crippen LogP contribution in [0.25, 0.3) is 28.1 Å². The fourth-order valence-electron chi connectivity index (χ4n) is 6.90. The molecule has 0 saturated carbocycles. The second-order valence-electron chi connectivity index (χ2n) is 10.6.